The summed E-state index contributed by atoms with van der Waals surface area (Å²) in [5.74, 6) is 0.00858. The second-order valence-electron chi connectivity index (χ2n) is 6.66. The third-order valence-corrected chi connectivity index (χ3v) is 4.94. The highest BCUT2D eigenvalue weighted by molar-refractivity contribution is 6.00. The smallest absolute Gasteiger partial charge is 0.348 e. The summed E-state index contributed by atoms with van der Waals surface area (Å²) in [4.78, 5) is 16.7. The van der Waals surface area contributed by atoms with E-state index in [1.807, 2.05) is 30.3 Å². The molecular formula is C22H26N6O. The maximum absolute atomic E-state index is 12.9. The summed E-state index contributed by atoms with van der Waals surface area (Å²) in [5, 5.41) is 11.8. The first-order chi connectivity index (χ1) is 14.0. The second-order valence-corrected chi connectivity index (χ2v) is 6.66. The van der Waals surface area contributed by atoms with E-state index in [1.165, 1.54) is 4.68 Å². The largest absolute Gasteiger partial charge is 0.384 e. The summed E-state index contributed by atoms with van der Waals surface area (Å²) in [5.41, 5.74) is 9.94. The molecule has 1 aromatic heterocycles. The SMILES string of the molecule is CCN(CC)c1ccc(N(C)C(=O)n2cccn2)c(-c2cccc(C(=N)N)c2)c1. The first-order valence-electron chi connectivity index (χ1n) is 9.57. The molecule has 2 aromatic carbocycles. The molecule has 150 valence electrons. The fourth-order valence-corrected chi connectivity index (χ4v) is 3.33. The first kappa shape index (κ1) is 20.1. The van der Waals surface area contributed by atoms with Crippen molar-refractivity contribution in [2.45, 2.75) is 13.8 Å². The number of nitrogen functional groups attached to an aromatic ring is 1. The Morgan fingerprint density at radius 3 is 2.52 bits per heavy atom. The van der Waals surface area contributed by atoms with Crippen molar-refractivity contribution in [2.75, 3.05) is 29.9 Å². The fraction of sp³-hybridized carbons (Fsp3) is 0.227. The van der Waals surface area contributed by atoms with E-state index >= 15 is 0 Å². The molecule has 3 rings (SSSR count). The molecule has 29 heavy (non-hydrogen) atoms. The van der Waals surface area contributed by atoms with E-state index in [4.69, 9.17) is 11.1 Å². The monoisotopic (exact) mass is 390 g/mol. The third-order valence-electron chi connectivity index (χ3n) is 4.94. The molecule has 0 aliphatic rings. The number of hydrogen-bond acceptors (Lipinski definition) is 4. The maximum Gasteiger partial charge on any atom is 0.348 e. The molecule has 0 unspecified atom stereocenters. The molecule has 0 spiro atoms. The molecule has 0 fully saturated rings. The Morgan fingerprint density at radius 2 is 1.90 bits per heavy atom. The molecule has 3 aromatic rings. The molecule has 1 heterocycles. The predicted octanol–water partition coefficient (Wildman–Crippen LogP) is 3.78. The number of amidine groups is 1. The lowest BCUT2D eigenvalue weighted by Gasteiger charge is -2.25. The minimum absolute atomic E-state index is 0.00858. The fourth-order valence-electron chi connectivity index (χ4n) is 3.33. The summed E-state index contributed by atoms with van der Waals surface area (Å²) < 4.78 is 1.30. The van der Waals surface area contributed by atoms with Crippen molar-refractivity contribution in [2.24, 2.45) is 5.73 Å². The van der Waals surface area contributed by atoms with Gasteiger partial charge in [-0.2, -0.15) is 9.78 Å². The lowest BCUT2D eigenvalue weighted by atomic mass is 9.99. The van der Waals surface area contributed by atoms with Crippen LogP contribution < -0.4 is 15.5 Å². The van der Waals surface area contributed by atoms with Gasteiger partial charge in [-0.05, 0) is 49.7 Å². The van der Waals surface area contributed by atoms with Crippen LogP contribution in [0.1, 0.15) is 19.4 Å². The van der Waals surface area contributed by atoms with Crippen LogP contribution in [0.3, 0.4) is 0 Å². The van der Waals surface area contributed by atoms with Gasteiger partial charge in [0.25, 0.3) is 0 Å². The number of rotatable bonds is 6. The van der Waals surface area contributed by atoms with E-state index in [1.54, 1.807) is 36.5 Å². The molecule has 0 atom stereocenters. The lowest BCUT2D eigenvalue weighted by molar-refractivity contribution is 0.246. The van der Waals surface area contributed by atoms with Gasteiger partial charge in [-0.25, -0.2) is 4.79 Å². The highest BCUT2D eigenvalue weighted by Gasteiger charge is 2.19. The van der Waals surface area contributed by atoms with Gasteiger partial charge >= 0.3 is 6.03 Å². The molecule has 0 aliphatic heterocycles. The van der Waals surface area contributed by atoms with E-state index in [0.717, 1.165) is 35.6 Å². The standard InChI is InChI=1S/C22H26N6O/c1-4-27(5-2)18-10-11-20(26(3)22(29)28-13-7-12-25-28)19(15-18)16-8-6-9-17(14-16)21(23)24/h6-15H,4-5H2,1-3H3,(H3,23,24). The number of carbonyl (C=O) groups excluding carboxylic acids is 1. The zero-order valence-electron chi connectivity index (χ0n) is 17.0. The highest BCUT2D eigenvalue weighted by atomic mass is 16.2. The van der Waals surface area contributed by atoms with Crippen molar-refractivity contribution >= 4 is 23.2 Å². The number of nitrogens with one attached hydrogen (secondary N) is 1. The first-order valence-corrected chi connectivity index (χ1v) is 9.57. The molecule has 0 saturated heterocycles. The summed E-state index contributed by atoms with van der Waals surface area (Å²) in [6.45, 7) is 5.98. The number of benzene rings is 2. The molecular weight excluding hydrogens is 364 g/mol. The molecule has 0 aliphatic carbocycles. The summed E-state index contributed by atoms with van der Waals surface area (Å²) in [6.07, 6.45) is 3.20. The van der Waals surface area contributed by atoms with Crippen LogP contribution in [-0.4, -0.2) is 41.8 Å². The number of nitrogens with zero attached hydrogens (tertiary/aromatic N) is 4. The van der Waals surface area contributed by atoms with Crippen molar-refractivity contribution in [1.82, 2.24) is 9.78 Å². The van der Waals surface area contributed by atoms with Crippen molar-refractivity contribution < 1.29 is 4.79 Å². The molecule has 7 nitrogen and oxygen atoms in total. The number of anilines is 2. The Morgan fingerprint density at radius 1 is 1.14 bits per heavy atom. The van der Waals surface area contributed by atoms with Gasteiger partial charge in [0.2, 0.25) is 0 Å². The van der Waals surface area contributed by atoms with Crippen LogP contribution in [0.4, 0.5) is 16.2 Å². The normalized spacial score (nSPS) is 10.6. The summed E-state index contributed by atoms with van der Waals surface area (Å²) >= 11 is 0. The quantitative estimate of drug-likeness (QED) is 0.495. The van der Waals surface area contributed by atoms with Gasteiger partial charge in [-0.3, -0.25) is 10.3 Å². The van der Waals surface area contributed by atoms with E-state index < -0.39 is 0 Å². The van der Waals surface area contributed by atoms with Gasteiger partial charge in [-0.1, -0.05) is 18.2 Å². The highest BCUT2D eigenvalue weighted by Crippen LogP contribution is 2.35. The van der Waals surface area contributed by atoms with Gasteiger partial charge in [-0.15, -0.1) is 0 Å². The molecule has 7 heteroatoms. The van der Waals surface area contributed by atoms with Gasteiger partial charge < -0.3 is 10.6 Å². The molecule has 1 amide bonds. The van der Waals surface area contributed by atoms with E-state index in [0.29, 0.717) is 5.56 Å². The van der Waals surface area contributed by atoms with Gasteiger partial charge in [0.15, 0.2) is 0 Å². The number of nitrogens with two attached hydrogens (primary N) is 1. The van der Waals surface area contributed by atoms with Crippen LogP contribution in [0.25, 0.3) is 11.1 Å². The number of hydrogen-bond donors (Lipinski definition) is 2. The van der Waals surface area contributed by atoms with Crippen molar-refractivity contribution in [3.63, 3.8) is 0 Å². The predicted molar refractivity (Wildman–Crippen MR) is 118 cm³/mol. The Labute approximate surface area is 170 Å². The van der Waals surface area contributed by atoms with E-state index in [9.17, 15) is 4.79 Å². The maximum atomic E-state index is 12.9. The lowest BCUT2D eigenvalue weighted by Crippen LogP contribution is -2.31. The second kappa shape index (κ2) is 8.60. The average molecular weight is 390 g/mol. The zero-order chi connectivity index (χ0) is 21.0. The number of aromatic nitrogens is 2. The Kier molecular flexibility index (Phi) is 5.97. The average Bonchev–Trinajstić information content (AvgIpc) is 3.28. The van der Waals surface area contributed by atoms with Crippen LogP contribution in [-0.2, 0) is 0 Å². The van der Waals surface area contributed by atoms with Gasteiger partial charge in [0.05, 0.1) is 5.69 Å². The minimum atomic E-state index is -0.255. The third kappa shape index (κ3) is 4.13. The topological polar surface area (TPSA) is 91.2 Å². The summed E-state index contributed by atoms with van der Waals surface area (Å²) in [6, 6.07) is 15.0. The Bertz CT molecular complexity index is 1010. The van der Waals surface area contributed by atoms with Crippen molar-refractivity contribution in [3.8, 4) is 11.1 Å². The van der Waals surface area contributed by atoms with E-state index in [-0.39, 0.29) is 11.9 Å². The van der Waals surface area contributed by atoms with Crippen LogP contribution in [0.2, 0.25) is 0 Å². The molecule has 0 saturated carbocycles. The zero-order valence-corrected chi connectivity index (χ0v) is 17.0. The van der Waals surface area contributed by atoms with Crippen molar-refractivity contribution in [3.05, 3.63) is 66.5 Å². The number of amides is 1. The molecule has 0 radical (unpaired) electrons. The van der Waals surface area contributed by atoms with Crippen LogP contribution >= 0.6 is 0 Å². The van der Waals surface area contributed by atoms with E-state index in [2.05, 4.69) is 29.9 Å². The van der Waals surface area contributed by atoms with Crippen molar-refractivity contribution in [1.29, 1.82) is 5.41 Å². The molecule has 0 bridgehead atoms. The van der Waals surface area contributed by atoms with Crippen LogP contribution in [0.15, 0.2) is 60.9 Å². The van der Waals surface area contributed by atoms with Crippen LogP contribution in [0.5, 0.6) is 0 Å². The Balaban J connectivity index is 2.14. The number of carbonyl (C=O) groups is 1. The summed E-state index contributed by atoms with van der Waals surface area (Å²) in [7, 11) is 1.73. The minimum Gasteiger partial charge on any atom is -0.384 e. The van der Waals surface area contributed by atoms with Gasteiger partial charge in [0, 0.05) is 49.3 Å². The van der Waals surface area contributed by atoms with Crippen LogP contribution in [0, 0.1) is 5.41 Å². The van der Waals surface area contributed by atoms with Gasteiger partial charge in [0.1, 0.15) is 5.84 Å². The Hall–Kier alpha value is -3.61. The molecule has 3 N–H and O–H groups in total.